The molecule has 0 aliphatic rings. The van der Waals surface area contributed by atoms with Crippen LogP contribution in [0.5, 0.6) is 0 Å². The Labute approximate surface area is 92.5 Å². The molecule has 0 radical (unpaired) electrons. The molecule has 3 nitrogen and oxygen atoms in total. The van der Waals surface area contributed by atoms with E-state index in [0.717, 1.165) is 11.5 Å². The molecule has 0 aromatic carbocycles. The van der Waals surface area contributed by atoms with Gasteiger partial charge in [0.1, 0.15) is 5.82 Å². The Morgan fingerprint density at radius 2 is 1.87 bits per heavy atom. The summed E-state index contributed by atoms with van der Waals surface area (Å²) in [6.45, 7) is 6.57. The molecule has 3 heteroatoms. The van der Waals surface area contributed by atoms with Gasteiger partial charge < -0.3 is 10.2 Å². The molecular formula is C12H21N3. The Morgan fingerprint density at radius 3 is 2.27 bits per heavy atom. The number of nitrogens with zero attached hydrogens (tertiary/aromatic N) is 2. The lowest BCUT2D eigenvalue weighted by Gasteiger charge is -2.18. The van der Waals surface area contributed by atoms with Crippen molar-refractivity contribution in [1.29, 1.82) is 0 Å². The third-order valence-corrected chi connectivity index (χ3v) is 2.64. The van der Waals surface area contributed by atoms with Gasteiger partial charge in [0, 0.05) is 20.1 Å². The predicted octanol–water partition coefficient (Wildman–Crippen LogP) is 2.60. The van der Waals surface area contributed by atoms with Crippen LogP contribution >= 0.6 is 0 Å². The van der Waals surface area contributed by atoms with E-state index in [1.54, 1.807) is 0 Å². The normalized spacial score (nSPS) is 12.7. The molecule has 0 saturated heterocycles. The van der Waals surface area contributed by atoms with Gasteiger partial charge in [-0.15, -0.1) is 0 Å². The molecule has 0 aliphatic heterocycles. The maximum absolute atomic E-state index is 4.37. The van der Waals surface area contributed by atoms with Crippen LogP contribution in [-0.4, -0.2) is 25.1 Å². The molecule has 1 unspecified atom stereocenters. The van der Waals surface area contributed by atoms with E-state index in [-0.39, 0.29) is 0 Å². The average Bonchev–Trinajstić information content (AvgIpc) is 2.18. The summed E-state index contributed by atoms with van der Waals surface area (Å²) in [4.78, 5) is 6.41. The van der Waals surface area contributed by atoms with Crippen molar-refractivity contribution in [2.75, 3.05) is 24.3 Å². The van der Waals surface area contributed by atoms with Crippen molar-refractivity contribution in [1.82, 2.24) is 4.98 Å². The molecule has 0 spiro atoms. The molecule has 0 fully saturated rings. The minimum Gasteiger partial charge on any atom is -0.376 e. The number of hydrogen-bond acceptors (Lipinski definition) is 3. The van der Waals surface area contributed by atoms with Crippen molar-refractivity contribution in [2.45, 2.75) is 26.8 Å². The molecule has 15 heavy (non-hydrogen) atoms. The summed E-state index contributed by atoms with van der Waals surface area (Å²) in [6, 6.07) is 4.54. The van der Waals surface area contributed by atoms with E-state index in [4.69, 9.17) is 0 Å². The number of rotatable bonds is 4. The van der Waals surface area contributed by atoms with Gasteiger partial charge >= 0.3 is 0 Å². The van der Waals surface area contributed by atoms with Gasteiger partial charge in [-0.1, -0.05) is 13.8 Å². The molecule has 1 aromatic rings. The zero-order valence-corrected chi connectivity index (χ0v) is 10.3. The highest BCUT2D eigenvalue weighted by molar-refractivity contribution is 5.48. The highest BCUT2D eigenvalue weighted by atomic mass is 15.1. The van der Waals surface area contributed by atoms with E-state index in [2.05, 4.69) is 37.1 Å². The number of hydrogen-bond donors (Lipinski definition) is 1. The van der Waals surface area contributed by atoms with Crippen molar-refractivity contribution < 1.29 is 0 Å². The second-order valence-corrected chi connectivity index (χ2v) is 4.47. The highest BCUT2D eigenvalue weighted by Crippen LogP contribution is 2.14. The number of pyridine rings is 1. The van der Waals surface area contributed by atoms with E-state index in [1.807, 2.05) is 31.3 Å². The van der Waals surface area contributed by atoms with E-state index in [0.29, 0.717) is 12.0 Å². The summed E-state index contributed by atoms with van der Waals surface area (Å²) in [5.41, 5.74) is 1.12. The minimum atomic E-state index is 0.447. The van der Waals surface area contributed by atoms with Crippen LogP contribution in [0, 0.1) is 5.92 Å². The molecule has 1 N–H and O–H groups in total. The first-order chi connectivity index (χ1) is 7.00. The molecule has 0 amide bonds. The van der Waals surface area contributed by atoms with Gasteiger partial charge in [0.25, 0.3) is 0 Å². The zero-order valence-electron chi connectivity index (χ0n) is 10.3. The summed E-state index contributed by atoms with van der Waals surface area (Å²) in [6.07, 6.45) is 1.88. The van der Waals surface area contributed by atoms with Crippen LogP contribution in [0.2, 0.25) is 0 Å². The molecular weight excluding hydrogens is 186 g/mol. The Balaban J connectivity index is 2.64. The molecule has 1 heterocycles. The highest BCUT2D eigenvalue weighted by Gasteiger charge is 2.06. The molecule has 1 rings (SSSR count). The Morgan fingerprint density at radius 1 is 1.20 bits per heavy atom. The lowest BCUT2D eigenvalue weighted by atomic mass is 10.1. The van der Waals surface area contributed by atoms with E-state index in [1.165, 1.54) is 0 Å². The van der Waals surface area contributed by atoms with Crippen molar-refractivity contribution in [3.63, 3.8) is 0 Å². The second kappa shape index (κ2) is 5.01. The maximum Gasteiger partial charge on any atom is 0.126 e. The smallest absolute Gasteiger partial charge is 0.126 e. The van der Waals surface area contributed by atoms with Crippen LogP contribution in [0.3, 0.4) is 0 Å². The van der Waals surface area contributed by atoms with Crippen molar-refractivity contribution in [2.24, 2.45) is 5.92 Å². The first-order valence-electron chi connectivity index (χ1n) is 5.40. The molecule has 84 valence electrons. The largest absolute Gasteiger partial charge is 0.376 e. The van der Waals surface area contributed by atoms with Gasteiger partial charge in [-0.2, -0.15) is 0 Å². The zero-order chi connectivity index (χ0) is 11.4. The van der Waals surface area contributed by atoms with Crippen molar-refractivity contribution in [3.05, 3.63) is 18.3 Å². The fraction of sp³-hybridized carbons (Fsp3) is 0.583. The summed E-state index contributed by atoms with van der Waals surface area (Å²) < 4.78 is 0. The topological polar surface area (TPSA) is 28.2 Å². The predicted molar refractivity (Wildman–Crippen MR) is 66.5 cm³/mol. The number of nitrogens with one attached hydrogen (secondary N) is 1. The Kier molecular flexibility index (Phi) is 3.95. The third-order valence-electron chi connectivity index (χ3n) is 2.64. The van der Waals surface area contributed by atoms with Gasteiger partial charge in [-0.25, -0.2) is 4.98 Å². The Hall–Kier alpha value is -1.25. The molecule has 1 atom stereocenters. The summed E-state index contributed by atoms with van der Waals surface area (Å²) in [5.74, 6) is 1.56. The first-order valence-corrected chi connectivity index (χ1v) is 5.40. The van der Waals surface area contributed by atoms with Gasteiger partial charge in [-0.3, -0.25) is 0 Å². The van der Waals surface area contributed by atoms with E-state index < -0.39 is 0 Å². The molecule has 0 bridgehead atoms. The third kappa shape index (κ3) is 3.42. The van der Waals surface area contributed by atoms with Gasteiger partial charge in [0.2, 0.25) is 0 Å². The summed E-state index contributed by atoms with van der Waals surface area (Å²) >= 11 is 0. The maximum atomic E-state index is 4.37. The molecule has 0 saturated carbocycles. The average molecular weight is 207 g/mol. The van der Waals surface area contributed by atoms with Crippen LogP contribution in [0.15, 0.2) is 18.3 Å². The first kappa shape index (κ1) is 11.8. The lowest BCUT2D eigenvalue weighted by molar-refractivity contribution is 0.558. The monoisotopic (exact) mass is 207 g/mol. The molecule has 0 aliphatic carbocycles. The van der Waals surface area contributed by atoms with Crippen LogP contribution in [0.4, 0.5) is 11.5 Å². The van der Waals surface area contributed by atoms with Crippen LogP contribution in [0.1, 0.15) is 20.8 Å². The Bertz CT molecular complexity index is 290. The summed E-state index contributed by atoms with van der Waals surface area (Å²) in [7, 11) is 4.03. The molecule has 1 aromatic heterocycles. The van der Waals surface area contributed by atoms with Gasteiger partial charge in [0.05, 0.1) is 11.9 Å². The van der Waals surface area contributed by atoms with Crippen LogP contribution in [0.25, 0.3) is 0 Å². The van der Waals surface area contributed by atoms with Gasteiger partial charge in [0.15, 0.2) is 0 Å². The quantitative estimate of drug-likeness (QED) is 0.822. The SMILES string of the molecule is CC(C)C(C)Nc1ccc(N(C)C)cn1. The van der Waals surface area contributed by atoms with Crippen molar-refractivity contribution in [3.8, 4) is 0 Å². The lowest BCUT2D eigenvalue weighted by Crippen LogP contribution is -2.22. The van der Waals surface area contributed by atoms with Crippen LogP contribution in [-0.2, 0) is 0 Å². The van der Waals surface area contributed by atoms with Crippen LogP contribution < -0.4 is 10.2 Å². The van der Waals surface area contributed by atoms with E-state index >= 15 is 0 Å². The van der Waals surface area contributed by atoms with E-state index in [9.17, 15) is 0 Å². The fourth-order valence-corrected chi connectivity index (χ4v) is 1.14. The standard InChI is InChI=1S/C12H21N3/c1-9(2)10(3)14-12-7-6-11(8-13-12)15(4)5/h6-10H,1-5H3,(H,13,14). The minimum absolute atomic E-state index is 0.447. The fourth-order valence-electron chi connectivity index (χ4n) is 1.14. The number of anilines is 2. The second-order valence-electron chi connectivity index (χ2n) is 4.47. The van der Waals surface area contributed by atoms with Crippen molar-refractivity contribution >= 4 is 11.5 Å². The summed E-state index contributed by atoms with van der Waals surface area (Å²) in [5, 5.41) is 3.38. The number of aromatic nitrogens is 1. The van der Waals surface area contributed by atoms with Gasteiger partial charge in [-0.05, 0) is 25.0 Å².